The summed E-state index contributed by atoms with van der Waals surface area (Å²) < 4.78 is 10.0. The van der Waals surface area contributed by atoms with Crippen molar-refractivity contribution < 1.29 is 9.37 Å². The highest BCUT2D eigenvalue weighted by molar-refractivity contribution is 6.31. The Balaban J connectivity index is 2.08. The fourth-order valence-electron chi connectivity index (χ4n) is 1.21. The molecule has 0 aliphatic rings. The number of nitrogens with zero attached hydrogens (tertiary/aromatic N) is 3. The van der Waals surface area contributed by atoms with Gasteiger partial charge in [0, 0.05) is 6.07 Å². The Morgan fingerprint density at radius 3 is 2.88 bits per heavy atom. The molecule has 0 aliphatic carbocycles. The maximum Gasteiger partial charge on any atom is 0.145 e. The Hall–Kier alpha value is -2.06. The molecule has 0 N–H and O–H groups in total. The lowest BCUT2D eigenvalue weighted by atomic mass is 10.2. The van der Waals surface area contributed by atoms with E-state index < -0.39 is 0 Å². The molecule has 0 atom stereocenters. The highest BCUT2D eigenvalue weighted by Crippen LogP contribution is 2.22. The summed E-state index contributed by atoms with van der Waals surface area (Å²) in [4.78, 5) is 0. The van der Waals surface area contributed by atoms with Gasteiger partial charge in [0.15, 0.2) is 0 Å². The minimum Gasteiger partial charge on any atom is -0.487 e. The number of nitriles is 1. The standard InChI is InChI=1S/C11H8ClN3O2/c1-7-11(15-17-14-7)6-16-9-3-2-8(5-13)10(12)4-9/h2-4H,6H2,1H3. The molecule has 1 aromatic carbocycles. The van der Waals surface area contributed by atoms with Crippen molar-refractivity contribution in [1.82, 2.24) is 10.3 Å². The van der Waals surface area contributed by atoms with Crippen LogP contribution in [0.5, 0.6) is 5.75 Å². The Kier molecular flexibility index (Phi) is 3.26. The van der Waals surface area contributed by atoms with E-state index in [-0.39, 0.29) is 6.61 Å². The third-order valence-electron chi connectivity index (χ3n) is 2.18. The largest absolute Gasteiger partial charge is 0.487 e. The minimum absolute atomic E-state index is 0.248. The summed E-state index contributed by atoms with van der Waals surface area (Å²) in [5, 5.41) is 16.4. The monoisotopic (exact) mass is 249 g/mol. The second kappa shape index (κ2) is 4.85. The second-order valence-corrected chi connectivity index (χ2v) is 3.75. The number of aromatic nitrogens is 2. The van der Waals surface area contributed by atoms with Gasteiger partial charge in [-0.05, 0) is 19.1 Å². The number of hydrogen-bond acceptors (Lipinski definition) is 5. The van der Waals surface area contributed by atoms with E-state index in [9.17, 15) is 0 Å². The number of aryl methyl sites for hydroxylation is 1. The molecule has 1 aromatic heterocycles. The first kappa shape index (κ1) is 11.4. The van der Waals surface area contributed by atoms with Crippen molar-refractivity contribution in [1.29, 1.82) is 5.26 Å². The number of hydrogen-bond donors (Lipinski definition) is 0. The zero-order chi connectivity index (χ0) is 12.3. The summed E-state index contributed by atoms with van der Waals surface area (Å²) in [6.45, 7) is 2.03. The highest BCUT2D eigenvalue weighted by Gasteiger charge is 2.07. The molecule has 0 saturated heterocycles. The molecule has 0 saturated carbocycles. The van der Waals surface area contributed by atoms with Gasteiger partial charge in [-0.1, -0.05) is 21.9 Å². The fourth-order valence-corrected chi connectivity index (χ4v) is 1.42. The summed E-state index contributed by atoms with van der Waals surface area (Å²) in [5.74, 6) is 0.566. The van der Waals surface area contributed by atoms with Crippen LogP contribution in [0.2, 0.25) is 5.02 Å². The third kappa shape index (κ3) is 2.55. The lowest BCUT2D eigenvalue weighted by Gasteiger charge is -2.04. The van der Waals surface area contributed by atoms with Gasteiger partial charge in [0.05, 0.1) is 10.6 Å². The van der Waals surface area contributed by atoms with E-state index in [1.54, 1.807) is 25.1 Å². The molecule has 1 heterocycles. The van der Waals surface area contributed by atoms with Crippen molar-refractivity contribution in [2.75, 3.05) is 0 Å². The molecule has 86 valence electrons. The molecule has 6 heteroatoms. The topological polar surface area (TPSA) is 71.9 Å². The average molecular weight is 250 g/mol. The summed E-state index contributed by atoms with van der Waals surface area (Å²) in [7, 11) is 0. The normalized spacial score (nSPS) is 9.94. The van der Waals surface area contributed by atoms with E-state index >= 15 is 0 Å². The van der Waals surface area contributed by atoms with Crippen molar-refractivity contribution in [2.45, 2.75) is 13.5 Å². The molecule has 0 aliphatic heterocycles. The Bertz CT molecular complexity index is 574. The number of halogens is 1. The van der Waals surface area contributed by atoms with Crippen molar-refractivity contribution >= 4 is 11.6 Å². The maximum absolute atomic E-state index is 8.72. The molecule has 0 radical (unpaired) electrons. The lowest BCUT2D eigenvalue weighted by Crippen LogP contribution is -1.97. The van der Waals surface area contributed by atoms with Gasteiger partial charge < -0.3 is 4.74 Å². The minimum atomic E-state index is 0.248. The average Bonchev–Trinajstić information content (AvgIpc) is 2.72. The molecule has 0 fully saturated rings. The molecule has 2 aromatic rings. The zero-order valence-electron chi connectivity index (χ0n) is 8.98. The van der Waals surface area contributed by atoms with Crippen LogP contribution in [0.25, 0.3) is 0 Å². The van der Waals surface area contributed by atoms with Gasteiger partial charge in [-0.15, -0.1) is 0 Å². The van der Waals surface area contributed by atoms with Crippen LogP contribution in [0.1, 0.15) is 17.0 Å². The predicted molar refractivity (Wildman–Crippen MR) is 59.5 cm³/mol. The molecular formula is C11H8ClN3O2. The molecule has 0 unspecified atom stereocenters. The molecular weight excluding hydrogens is 242 g/mol. The van der Waals surface area contributed by atoms with Crippen LogP contribution in [0.15, 0.2) is 22.8 Å². The van der Waals surface area contributed by atoms with E-state index in [2.05, 4.69) is 14.9 Å². The van der Waals surface area contributed by atoms with Gasteiger partial charge in [-0.25, -0.2) is 4.63 Å². The number of benzene rings is 1. The lowest BCUT2D eigenvalue weighted by molar-refractivity contribution is 0.270. The van der Waals surface area contributed by atoms with E-state index in [0.717, 1.165) is 0 Å². The smallest absolute Gasteiger partial charge is 0.145 e. The third-order valence-corrected chi connectivity index (χ3v) is 2.50. The quantitative estimate of drug-likeness (QED) is 0.836. The highest BCUT2D eigenvalue weighted by atomic mass is 35.5. The molecule has 0 bridgehead atoms. The van der Waals surface area contributed by atoms with Gasteiger partial charge in [0.1, 0.15) is 29.8 Å². The first-order chi connectivity index (χ1) is 8.20. The van der Waals surface area contributed by atoms with Crippen molar-refractivity contribution in [3.63, 3.8) is 0 Å². The Labute approximate surface area is 103 Å². The maximum atomic E-state index is 8.72. The number of ether oxygens (including phenoxy) is 1. The summed E-state index contributed by atoms with van der Waals surface area (Å²) in [5.41, 5.74) is 1.73. The summed E-state index contributed by atoms with van der Waals surface area (Å²) in [6, 6.07) is 6.84. The van der Waals surface area contributed by atoms with Crippen LogP contribution in [0.4, 0.5) is 0 Å². The fraction of sp³-hybridized carbons (Fsp3) is 0.182. The Morgan fingerprint density at radius 1 is 1.47 bits per heavy atom. The first-order valence-electron chi connectivity index (χ1n) is 4.81. The van der Waals surface area contributed by atoms with Gasteiger partial charge in [0.2, 0.25) is 0 Å². The van der Waals surface area contributed by atoms with Crippen LogP contribution in [0, 0.1) is 18.3 Å². The van der Waals surface area contributed by atoms with Gasteiger partial charge in [-0.3, -0.25) is 0 Å². The van der Waals surface area contributed by atoms with Gasteiger partial charge in [-0.2, -0.15) is 5.26 Å². The van der Waals surface area contributed by atoms with Crippen LogP contribution < -0.4 is 4.74 Å². The van der Waals surface area contributed by atoms with Crippen LogP contribution in [0.3, 0.4) is 0 Å². The molecule has 17 heavy (non-hydrogen) atoms. The predicted octanol–water partition coefficient (Wildman–Crippen LogP) is 2.48. The van der Waals surface area contributed by atoms with Crippen molar-refractivity contribution in [2.24, 2.45) is 0 Å². The molecule has 0 amide bonds. The number of rotatable bonds is 3. The summed E-state index contributed by atoms with van der Waals surface area (Å²) >= 11 is 5.87. The molecule has 5 nitrogen and oxygen atoms in total. The molecule has 2 rings (SSSR count). The van der Waals surface area contributed by atoms with Crippen molar-refractivity contribution in [3.05, 3.63) is 40.2 Å². The van der Waals surface area contributed by atoms with E-state index in [0.29, 0.717) is 27.7 Å². The van der Waals surface area contributed by atoms with Crippen molar-refractivity contribution in [3.8, 4) is 11.8 Å². The van der Waals surface area contributed by atoms with Crippen LogP contribution in [-0.4, -0.2) is 10.3 Å². The van der Waals surface area contributed by atoms with Gasteiger partial charge >= 0.3 is 0 Å². The van der Waals surface area contributed by atoms with Crippen LogP contribution >= 0.6 is 11.6 Å². The van der Waals surface area contributed by atoms with E-state index in [1.165, 1.54) is 0 Å². The Morgan fingerprint density at radius 2 is 2.29 bits per heavy atom. The summed E-state index contributed by atoms with van der Waals surface area (Å²) in [6.07, 6.45) is 0. The SMILES string of the molecule is Cc1nonc1COc1ccc(C#N)c(Cl)c1. The first-order valence-corrected chi connectivity index (χ1v) is 5.19. The van der Waals surface area contributed by atoms with E-state index in [4.69, 9.17) is 21.6 Å². The van der Waals surface area contributed by atoms with Gasteiger partial charge in [0.25, 0.3) is 0 Å². The zero-order valence-corrected chi connectivity index (χ0v) is 9.73. The molecule has 0 spiro atoms. The second-order valence-electron chi connectivity index (χ2n) is 3.34. The van der Waals surface area contributed by atoms with E-state index in [1.807, 2.05) is 6.07 Å². The van der Waals surface area contributed by atoms with Crippen LogP contribution in [-0.2, 0) is 6.61 Å².